The quantitative estimate of drug-likeness (QED) is 0.771. The number of nitrogens with one attached hydrogen (secondary N) is 1. The molecule has 0 saturated heterocycles. The minimum absolute atomic E-state index is 0.701. The minimum Gasteiger partial charge on any atom is -0.370 e. The molecular formula is C15H18N4S2. The summed E-state index contributed by atoms with van der Waals surface area (Å²) in [5, 5.41) is 7.63. The summed E-state index contributed by atoms with van der Waals surface area (Å²) in [6.07, 6.45) is 1.74. The van der Waals surface area contributed by atoms with Gasteiger partial charge in [-0.25, -0.2) is 15.0 Å². The van der Waals surface area contributed by atoms with E-state index < -0.39 is 0 Å². The maximum absolute atomic E-state index is 4.73. The summed E-state index contributed by atoms with van der Waals surface area (Å²) in [5.41, 5.74) is 1.06. The summed E-state index contributed by atoms with van der Waals surface area (Å²) < 4.78 is 0. The van der Waals surface area contributed by atoms with E-state index in [9.17, 15) is 0 Å². The minimum atomic E-state index is 0.701. The molecule has 0 aliphatic rings. The topological polar surface area (TPSA) is 50.7 Å². The number of fused-ring (bicyclic) bond motifs is 1. The molecule has 21 heavy (non-hydrogen) atoms. The summed E-state index contributed by atoms with van der Waals surface area (Å²) in [5.74, 6) is 1.79. The Morgan fingerprint density at radius 3 is 2.71 bits per heavy atom. The third kappa shape index (κ3) is 3.06. The van der Waals surface area contributed by atoms with E-state index in [1.54, 1.807) is 22.7 Å². The molecule has 0 radical (unpaired) electrons. The van der Waals surface area contributed by atoms with Crippen molar-refractivity contribution < 1.29 is 0 Å². The molecule has 110 valence electrons. The van der Waals surface area contributed by atoms with Crippen molar-refractivity contribution in [3.8, 4) is 0 Å². The van der Waals surface area contributed by atoms with Crippen LogP contribution in [0.1, 0.15) is 35.3 Å². The zero-order valence-electron chi connectivity index (χ0n) is 12.4. The highest BCUT2D eigenvalue weighted by atomic mass is 32.1. The first kappa shape index (κ1) is 14.4. The Labute approximate surface area is 132 Å². The van der Waals surface area contributed by atoms with Gasteiger partial charge >= 0.3 is 0 Å². The second-order valence-electron chi connectivity index (χ2n) is 4.86. The first-order chi connectivity index (χ1) is 10.2. The fourth-order valence-corrected chi connectivity index (χ4v) is 3.94. The van der Waals surface area contributed by atoms with Crippen molar-refractivity contribution in [3.63, 3.8) is 0 Å². The van der Waals surface area contributed by atoms with E-state index in [0.29, 0.717) is 6.42 Å². The molecule has 0 saturated carbocycles. The van der Waals surface area contributed by atoms with Crippen LogP contribution in [0.2, 0.25) is 0 Å². The monoisotopic (exact) mass is 318 g/mol. The van der Waals surface area contributed by atoms with Gasteiger partial charge in [0.1, 0.15) is 21.5 Å². The van der Waals surface area contributed by atoms with E-state index in [0.717, 1.165) is 45.5 Å². The molecule has 4 nitrogen and oxygen atoms in total. The van der Waals surface area contributed by atoms with Crippen molar-refractivity contribution in [1.29, 1.82) is 0 Å². The average Bonchev–Trinajstić information content (AvgIpc) is 3.05. The summed E-state index contributed by atoms with van der Waals surface area (Å²) in [6, 6.07) is 2.20. The maximum Gasteiger partial charge on any atom is 0.139 e. The number of aromatic nitrogens is 3. The standard InChI is InChI=1S/C15H18N4S2/c1-4-10-6-11-14(16-5-2)18-12(19-15(11)21-10)7-13-17-9(3)8-20-13/h6,8H,4-5,7H2,1-3H3,(H,16,18,19). The molecule has 6 heteroatoms. The molecule has 0 fully saturated rings. The van der Waals surface area contributed by atoms with Gasteiger partial charge in [-0.2, -0.15) is 0 Å². The zero-order valence-corrected chi connectivity index (χ0v) is 14.1. The molecule has 0 atom stereocenters. The number of thiophene rings is 1. The van der Waals surface area contributed by atoms with Gasteiger partial charge in [-0.15, -0.1) is 22.7 Å². The number of nitrogens with zero attached hydrogens (tertiary/aromatic N) is 3. The molecule has 3 heterocycles. The predicted octanol–water partition coefficient (Wildman–Crippen LogP) is 4.04. The van der Waals surface area contributed by atoms with Crippen LogP contribution in [0.3, 0.4) is 0 Å². The highest BCUT2D eigenvalue weighted by molar-refractivity contribution is 7.18. The van der Waals surface area contributed by atoms with Crippen LogP contribution in [0, 0.1) is 6.92 Å². The Kier molecular flexibility index (Phi) is 4.17. The van der Waals surface area contributed by atoms with Gasteiger partial charge in [0.2, 0.25) is 0 Å². The number of aryl methyl sites for hydroxylation is 2. The lowest BCUT2D eigenvalue weighted by Crippen LogP contribution is -2.04. The Bertz CT molecular complexity index is 760. The maximum atomic E-state index is 4.73. The molecule has 0 spiro atoms. The highest BCUT2D eigenvalue weighted by Crippen LogP contribution is 2.29. The van der Waals surface area contributed by atoms with Gasteiger partial charge in [-0.1, -0.05) is 6.92 Å². The second-order valence-corrected chi connectivity index (χ2v) is 6.92. The molecule has 0 aliphatic heterocycles. The number of hydrogen-bond acceptors (Lipinski definition) is 6. The first-order valence-electron chi connectivity index (χ1n) is 7.13. The van der Waals surface area contributed by atoms with E-state index in [1.807, 2.05) is 6.92 Å². The molecule has 0 unspecified atom stereocenters. The van der Waals surface area contributed by atoms with Crippen LogP contribution in [0.15, 0.2) is 11.4 Å². The van der Waals surface area contributed by atoms with Crippen molar-refractivity contribution in [2.75, 3.05) is 11.9 Å². The van der Waals surface area contributed by atoms with Crippen molar-refractivity contribution in [3.05, 3.63) is 32.8 Å². The highest BCUT2D eigenvalue weighted by Gasteiger charge is 2.12. The zero-order chi connectivity index (χ0) is 14.8. The lowest BCUT2D eigenvalue weighted by Gasteiger charge is -2.06. The van der Waals surface area contributed by atoms with E-state index in [4.69, 9.17) is 9.97 Å². The Morgan fingerprint density at radius 2 is 2.05 bits per heavy atom. The largest absolute Gasteiger partial charge is 0.370 e. The molecule has 3 rings (SSSR count). The Hall–Kier alpha value is -1.53. The summed E-state index contributed by atoms with van der Waals surface area (Å²) in [6.45, 7) is 7.13. The van der Waals surface area contributed by atoms with E-state index >= 15 is 0 Å². The van der Waals surface area contributed by atoms with Crippen molar-refractivity contribution >= 4 is 38.7 Å². The van der Waals surface area contributed by atoms with E-state index in [2.05, 4.69) is 35.6 Å². The Morgan fingerprint density at radius 1 is 1.19 bits per heavy atom. The van der Waals surface area contributed by atoms with Gasteiger partial charge < -0.3 is 5.32 Å². The number of anilines is 1. The van der Waals surface area contributed by atoms with E-state index in [-0.39, 0.29) is 0 Å². The fourth-order valence-electron chi connectivity index (χ4n) is 2.19. The average molecular weight is 318 g/mol. The SMILES string of the molecule is CCNc1nc(Cc2nc(C)cs2)nc2sc(CC)cc12. The predicted molar refractivity (Wildman–Crippen MR) is 90.6 cm³/mol. The van der Waals surface area contributed by atoms with Crippen molar-refractivity contribution in [2.24, 2.45) is 0 Å². The molecular weight excluding hydrogens is 300 g/mol. The Balaban J connectivity index is 2.02. The number of rotatable bonds is 5. The van der Waals surface area contributed by atoms with Crippen LogP contribution in [0.25, 0.3) is 10.2 Å². The first-order valence-corrected chi connectivity index (χ1v) is 8.83. The second kappa shape index (κ2) is 6.07. The van der Waals surface area contributed by atoms with Crippen LogP contribution in [0.4, 0.5) is 5.82 Å². The van der Waals surface area contributed by atoms with Crippen LogP contribution >= 0.6 is 22.7 Å². The van der Waals surface area contributed by atoms with Crippen molar-refractivity contribution in [1.82, 2.24) is 15.0 Å². The lowest BCUT2D eigenvalue weighted by atomic mass is 10.3. The molecule has 3 aromatic heterocycles. The van der Waals surface area contributed by atoms with Crippen LogP contribution in [0.5, 0.6) is 0 Å². The molecule has 0 aliphatic carbocycles. The van der Waals surface area contributed by atoms with Crippen LogP contribution in [-0.2, 0) is 12.8 Å². The lowest BCUT2D eigenvalue weighted by molar-refractivity contribution is 0.971. The molecule has 1 N–H and O–H groups in total. The van der Waals surface area contributed by atoms with Crippen LogP contribution in [-0.4, -0.2) is 21.5 Å². The molecule has 3 aromatic rings. The number of thiazole rings is 1. The van der Waals surface area contributed by atoms with Gasteiger partial charge in [-0.3, -0.25) is 0 Å². The van der Waals surface area contributed by atoms with Gasteiger partial charge in [0, 0.05) is 22.5 Å². The smallest absolute Gasteiger partial charge is 0.139 e. The molecule has 0 amide bonds. The van der Waals surface area contributed by atoms with Crippen LogP contribution < -0.4 is 5.32 Å². The van der Waals surface area contributed by atoms with Gasteiger partial charge in [0.15, 0.2) is 0 Å². The summed E-state index contributed by atoms with van der Waals surface area (Å²) >= 11 is 3.43. The third-order valence-electron chi connectivity index (χ3n) is 3.16. The third-order valence-corrected chi connectivity index (χ3v) is 5.30. The summed E-state index contributed by atoms with van der Waals surface area (Å²) in [4.78, 5) is 16.3. The van der Waals surface area contributed by atoms with E-state index in [1.165, 1.54) is 4.88 Å². The number of hydrogen-bond donors (Lipinski definition) is 1. The summed E-state index contributed by atoms with van der Waals surface area (Å²) in [7, 11) is 0. The normalized spacial score (nSPS) is 11.2. The molecule has 0 aromatic carbocycles. The van der Waals surface area contributed by atoms with Gasteiger partial charge in [0.25, 0.3) is 0 Å². The molecule has 0 bridgehead atoms. The van der Waals surface area contributed by atoms with Gasteiger partial charge in [0.05, 0.1) is 11.8 Å². The van der Waals surface area contributed by atoms with Crippen molar-refractivity contribution in [2.45, 2.75) is 33.6 Å². The fraction of sp³-hybridized carbons (Fsp3) is 0.400. The van der Waals surface area contributed by atoms with Gasteiger partial charge in [-0.05, 0) is 26.3 Å².